The van der Waals surface area contributed by atoms with Crippen molar-refractivity contribution in [3.8, 4) is 0 Å². The fourth-order valence-corrected chi connectivity index (χ4v) is 3.64. The molecule has 1 aromatic heterocycles. The van der Waals surface area contributed by atoms with E-state index in [2.05, 4.69) is 15.1 Å². The third-order valence-electron chi connectivity index (χ3n) is 3.95. The zero-order valence-electron chi connectivity index (χ0n) is 14.8. The first-order valence-corrected chi connectivity index (χ1v) is 9.84. The molecule has 2 aromatic carbocycles. The molecule has 0 saturated carbocycles. The van der Waals surface area contributed by atoms with E-state index in [1.54, 1.807) is 23.0 Å². The Morgan fingerprint density at radius 2 is 1.74 bits per heavy atom. The Labute approximate surface area is 158 Å². The highest BCUT2D eigenvalue weighted by atomic mass is 32.2. The summed E-state index contributed by atoms with van der Waals surface area (Å²) >= 11 is 0. The number of hydrogen-bond donors (Lipinski definition) is 2. The van der Waals surface area contributed by atoms with Crippen molar-refractivity contribution in [2.45, 2.75) is 24.9 Å². The molecule has 0 unspecified atom stereocenters. The number of nitrogens with zero attached hydrogens (tertiary/aromatic N) is 2. The largest absolute Gasteiger partial charge is 0.326 e. The molecular weight excluding hydrogens is 364 g/mol. The van der Waals surface area contributed by atoms with Gasteiger partial charge in [-0.05, 0) is 41.5 Å². The third-order valence-corrected chi connectivity index (χ3v) is 5.36. The van der Waals surface area contributed by atoms with Gasteiger partial charge < -0.3 is 5.32 Å². The van der Waals surface area contributed by atoms with Crippen LogP contribution in [0.4, 0.5) is 5.69 Å². The van der Waals surface area contributed by atoms with E-state index in [9.17, 15) is 13.2 Å². The van der Waals surface area contributed by atoms with Crippen LogP contribution >= 0.6 is 0 Å². The van der Waals surface area contributed by atoms with Crippen LogP contribution < -0.4 is 10.0 Å². The topological polar surface area (TPSA) is 93.1 Å². The van der Waals surface area contributed by atoms with Crippen LogP contribution in [0.25, 0.3) is 0 Å². The summed E-state index contributed by atoms with van der Waals surface area (Å²) in [6.07, 6.45) is 3.56. The number of anilines is 1. The summed E-state index contributed by atoms with van der Waals surface area (Å²) in [5.41, 5.74) is 2.42. The number of rotatable bonds is 7. The number of amides is 1. The lowest BCUT2D eigenvalue weighted by Crippen LogP contribution is -2.24. The van der Waals surface area contributed by atoms with Crippen LogP contribution in [-0.2, 0) is 27.9 Å². The van der Waals surface area contributed by atoms with Crippen molar-refractivity contribution in [2.75, 3.05) is 5.32 Å². The molecule has 7 nitrogen and oxygen atoms in total. The van der Waals surface area contributed by atoms with E-state index < -0.39 is 10.0 Å². The van der Waals surface area contributed by atoms with Crippen LogP contribution in [0.5, 0.6) is 0 Å². The number of carbonyl (C=O) groups is 1. The van der Waals surface area contributed by atoms with E-state index in [4.69, 9.17) is 0 Å². The first-order chi connectivity index (χ1) is 12.9. The molecule has 0 aliphatic heterocycles. The van der Waals surface area contributed by atoms with Gasteiger partial charge in [0, 0.05) is 31.5 Å². The molecule has 3 rings (SSSR count). The van der Waals surface area contributed by atoms with E-state index in [1.165, 1.54) is 19.1 Å². The zero-order valence-corrected chi connectivity index (χ0v) is 15.6. The van der Waals surface area contributed by atoms with E-state index >= 15 is 0 Å². The minimum atomic E-state index is -3.67. The van der Waals surface area contributed by atoms with E-state index in [0.29, 0.717) is 12.2 Å². The lowest BCUT2D eigenvalue weighted by Gasteiger charge is -2.12. The second-order valence-electron chi connectivity index (χ2n) is 6.00. The van der Waals surface area contributed by atoms with Crippen LogP contribution in [0.15, 0.2) is 71.9 Å². The predicted octanol–water partition coefficient (Wildman–Crippen LogP) is 2.37. The summed E-state index contributed by atoms with van der Waals surface area (Å²) < 4.78 is 29.5. The molecular formula is C19H20N4O3S. The van der Waals surface area contributed by atoms with Crippen LogP contribution in [0.1, 0.15) is 18.1 Å². The molecule has 8 heteroatoms. The molecule has 0 spiro atoms. The quantitative estimate of drug-likeness (QED) is 0.654. The molecule has 1 heterocycles. The van der Waals surface area contributed by atoms with Crippen molar-refractivity contribution in [3.05, 3.63) is 78.1 Å². The predicted molar refractivity (Wildman–Crippen MR) is 103 cm³/mol. The molecule has 0 bridgehead atoms. The van der Waals surface area contributed by atoms with Gasteiger partial charge in [-0.25, -0.2) is 13.1 Å². The maximum Gasteiger partial charge on any atom is 0.240 e. The van der Waals surface area contributed by atoms with Crippen molar-refractivity contribution < 1.29 is 13.2 Å². The van der Waals surface area contributed by atoms with Crippen molar-refractivity contribution >= 4 is 21.6 Å². The zero-order chi connectivity index (χ0) is 19.3. The summed E-state index contributed by atoms with van der Waals surface area (Å²) in [6, 6.07) is 15.5. The number of nitrogens with one attached hydrogen (secondary N) is 2. The molecule has 0 saturated heterocycles. The highest BCUT2D eigenvalue weighted by molar-refractivity contribution is 7.89. The Morgan fingerprint density at radius 1 is 1.04 bits per heavy atom. The van der Waals surface area contributed by atoms with Crippen molar-refractivity contribution in [1.82, 2.24) is 14.5 Å². The first-order valence-electron chi connectivity index (χ1n) is 8.35. The van der Waals surface area contributed by atoms with Gasteiger partial charge in [0.15, 0.2) is 0 Å². The standard InChI is InChI=1S/C19H20N4O3S/c1-15(24)22-18-7-9-19(10-8-18)27(25,26)21-13-16-5-2-3-6-17(16)14-23-12-4-11-20-23/h2-12,21H,13-14H2,1H3,(H,22,24). The Balaban J connectivity index is 1.71. The molecule has 0 atom stereocenters. The highest BCUT2D eigenvalue weighted by Gasteiger charge is 2.14. The number of sulfonamides is 1. The van der Waals surface area contributed by atoms with Gasteiger partial charge in [-0.1, -0.05) is 24.3 Å². The summed E-state index contributed by atoms with van der Waals surface area (Å²) in [4.78, 5) is 11.2. The molecule has 0 aliphatic rings. The van der Waals surface area contributed by atoms with Gasteiger partial charge in [-0.3, -0.25) is 9.48 Å². The molecule has 140 valence electrons. The van der Waals surface area contributed by atoms with Gasteiger partial charge in [0.2, 0.25) is 15.9 Å². The van der Waals surface area contributed by atoms with Gasteiger partial charge in [-0.15, -0.1) is 0 Å². The fraction of sp³-hybridized carbons (Fsp3) is 0.158. The van der Waals surface area contributed by atoms with Crippen LogP contribution in [0.2, 0.25) is 0 Å². The summed E-state index contributed by atoms with van der Waals surface area (Å²) in [5, 5.41) is 6.79. The minimum absolute atomic E-state index is 0.140. The first kappa shape index (κ1) is 18.8. The third kappa shape index (κ3) is 5.02. The van der Waals surface area contributed by atoms with Crippen LogP contribution in [-0.4, -0.2) is 24.1 Å². The molecule has 3 aromatic rings. The summed E-state index contributed by atoms with van der Waals surface area (Å²) in [6.45, 7) is 2.14. The second-order valence-corrected chi connectivity index (χ2v) is 7.77. The maximum absolute atomic E-state index is 12.6. The average Bonchev–Trinajstić information content (AvgIpc) is 3.14. The SMILES string of the molecule is CC(=O)Nc1ccc(S(=O)(=O)NCc2ccccc2Cn2cccn2)cc1. The Bertz CT molecular complexity index is 1010. The summed E-state index contributed by atoms with van der Waals surface area (Å²) in [7, 11) is -3.67. The smallest absolute Gasteiger partial charge is 0.240 e. The number of benzene rings is 2. The van der Waals surface area contributed by atoms with Gasteiger partial charge in [0.25, 0.3) is 0 Å². The van der Waals surface area contributed by atoms with Gasteiger partial charge in [0.1, 0.15) is 0 Å². The fourth-order valence-electron chi connectivity index (χ4n) is 2.63. The van der Waals surface area contributed by atoms with Crippen molar-refractivity contribution in [1.29, 1.82) is 0 Å². The minimum Gasteiger partial charge on any atom is -0.326 e. The molecule has 0 aliphatic carbocycles. The Hall–Kier alpha value is -2.97. The van der Waals surface area contributed by atoms with Crippen molar-refractivity contribution in [3.63, 3.8) is 0 Å². The van der Waals surface area contributed by atoms with Gasteiger partial charge in [0.05, 0.1) is 11.4 Å². The Morgan fingerprint density at radius 3 is 2.37 bits per heavy atom. The Kier molecular flexibility index (Phi) is 5.68. The lowest BCUT2D eigenvalue weighted by atomic mass is 10.1. The molecule has 0 radical (unpaired) electrons. The maximum atomic E-state index is 12.6. The monoisotopic (exact) mass is 384 g/mol. The normalized spacial score (nSPS) is 11.3. The average molecular weight is 384 g/mol. The number of carbonyl (C=O) groups excluding carboxylic acids is 1. The number of hydrogen-bond acceptors (Lipinski definition) is 4. The summed E-state index contributed by atoms with van der Waals surface area (Å²) in [5.74, 6) is -0.211. The van der Waals surface area contributed by atoms with Crippen molar-refractivity contribution in [2.24, 2.45) is 0 Å². The van der Waals surface area contributed by atoms with E-state index in [0.717, 1.165) is 11.1 Å². The van der Waals surface area contributed by atoms with Crippen LogP contribution in [0.3, 0.4) is 0 Å². The molecule has 27 heavy (non-hydrogen) atoms. The molecule has 0 fully saturated rings. The number of aromatic nitrogens is 2. The molecule has 1 amide bonds. The van der Waals surface area contributed by atoms with Crippen LogP contribution in [0, 0.1) is 0 Å². The molecule has 2 N–H and O–H groups in total. The van der Waals surface area contributed by atoms with E-state index in [1.807, 2.05) is 36.5 Å². The second kappa shape index (κ2) is 8.15. The van der Waals surface area contributed by atoms with Gasteiger partial charge in [-0.2, -0.15) is 5.10 Å². The highest BCUT2D eigenvalue weighted by Crippen LogP contribution is 2.16. The lowest BCUT2D eigenvalue weighted by molar-refractivity contribution is -0.114. The van der Waals surface area contributed by atoms with Gasteiger partial charge >= 0.3 is 0 Å². The van der Waals surface area contributed by atoms with E-state index in [-0.39, 0.29) is 17.3 Å².